The molecule has 2 aromatic rings. The van der Waals surface area contributed by atoms with Gasteiger partial charge in [-0.3, -0.25) is 0 Å². The quantitative estimate of drug-likeness (QED) is 0.884. The molecule has 2 unspecified atom stereocenters. The number of rotatable bonds is 5. The lowest BCUT2D eigenvalue weighted by molar-refractivity contribution is 0.146. The smallest absolute Gasteiger partial charge is 0.241 e. The fraction of sp³-hybridized carbons (Fsp3) is 0.333. The molecule has 0 fully saturated rings. The van der Waals surface area contributed by atoms with Crippen LogP contribution in [0.1, 0.15) is 35.3 Å². The highest BCUT2D eigenvalue weighted by Crippen LogP contribution is 2.24. The third-order valence-electron chi connectivity index (χ3n) is 3.83. The Bertz CT molecular complexity index is 762. The van der Waals surface area contributed by atoms with Crippen LogP contribution < -0.4 is 4.72 Å². The van der Waals surface area contributed by atoms with Gasteiger partial charge in [0.15, 0.2) is 0 Å². The summed E-state index contributed by atoms with van der Waals surface area (Å²) in [4.78, 5) is 0.287. The van der Waals surface area contributed by atoms with Crippen LogP contribution in [0.3, 0.4) is 0 Å². The number of aliphatic hydroxyl groups excluding tert-OH is 1. The van der Waals surface area contributed by atoms with Gasteiger partial charge in [-0.05, 0) is 44.4 Å². The fourth-order valence-corrected chi connectivity index (χ4v) is 4.60. The maximum atomic E-state index is 12.7. The van der Waals surface area contributed by atoms with E-state index in [1.165, 1.54) is 0 Å². The highest BCUT2D eigenvalue weighted by Gasteiger charge is 2.26. The van der Waals surface area contributed by atoms with E-state index < -0.39 is 22.2 Å². The highest BCUT2D eigenvalue weighted by molar-refractivity contribution is 7.89. The summed E-state index contributed by atoms with van der Waals surface area (Å²) < 4.78 is 28.0. The van der Waals surface area contributed by atoms with Gasteiger partial charge in [-0.15, -0.1) is 0 Å². The van der Waals surface area contributed by atoms with Gasteiger partial charge in [0, 0.05) is 6.04 Å². The molecule has 0 saturated carbocycles. The van der Waals surface area contributed by atoms with Crippen LogP contribution in [0.5, 0.6) is 0 Å². The molecule has 0 radical (unpaired) electrons. The van der Waals surface area contributed by atoms with Crippen LogP contribution in [0.15, 0.2) is 47.4 Å². The van der Waals surface area contributed by atoms with E-state index in [1.807, 2.05) is 37.3 Å². The minimum atomic E-state index is -3.70. The first-order chi connectivity index (χ1) is 10.7. The zero-order valence-corrected chi connectivity index (χ0v) is 14.7. The van der Waals surface area contributed by atoms with E-state index in [0.29, 0.717) is 16.7 Å². The van der Waals surface area contributed by atoms with E-state index in [-0.39, 0.29) is 4.90 Å². The van der Waals surface area contributed by atoms with Crippen molar-refractivity contribution in [3.8, 4) is 0 Å². The zero-order chi connectivity index (χ0) is 17.2. The average Bonchev–Trinajstić information content (AvgIpc) is 2.45. The molecule has 4 nitrogen and oxygen atoms in total. The Morgan fingerprint density at radius 1 is 1.00 bits per heavy atom. The number of aryl methyl sites for hydroxylation is 3. The molecule has 0 aliphatic rings. The molecule has 2 aromatic carbocycles. The second kappa shape index (κ2) is 6.83. The van der Waals surface area contributed by atoms with Crippen molar-refractivity contribution in [1.82, 2.24) is 4.72 Å². The van der Waals surface area contributed by atoms with Gasteiger partial charge in [0.05, 0.1) is 11.0 Å². The Labute approximate surface area is 138 Å². The Hall–Kier alpha value is -1.69. The van der Waals surface area contributed by atoms with E-state index in [1.54, 1.807) is 32.9 Å². The molecule has 0 heterocycles. The first-order valence-electron chi connectivity index (χ1n) is 7.55. The lowest BCUT2D eigenvalue weighted by Gasteiger charge is -2.22. The van der Waals surface area contributed by atoms with Crippen molar-refractivity contribution in [2.45, 2.75) is 44.7 Å². The van der Waals surface area contributed by atoms with Crippen LogP contribution in [0.4, 0.5) is 0 Å². The molecular formula is C18H23NO3S. The molecule has 0 spiro atoms. The second-order valence-corrected chi connectivity index (χ2v) is 7.64. The molecule has 2 N–H and O–H groups in total. The standard InChI is InChI=1S/C18H23NO3S/c1-12-10-13(2)18(14(3)11-12)23(21,22)19-15(4)17(20)16-8-6-5-7-9-16/h5-11,15,17,19-20H,1-4H3. The molecule has 0 aromatic heterocycles. The van der Waals surface area contributed by atoms with Crippen molar-refractivity contribution in [2.24, 2.45) is 0 Å². The lowest BCUT2D eigenvalue weighted by atomic mass is 10.0. The molecule has 0 bridgehead atoms. The number of hydrogen-bond donors (Lipinski definition) is 2. The van der Waals surface area contributed by atoms with Gasteiger partial charge in [0.1, 0.15) is 0 Å². The van der Waals surface area contributed by atoms with Crippen LogP contribution in [0.2, 0.25) is 0 Å². The molecule has 2 atom stereocenters. The first kappa shape index (κ1) is 17.7. The number of hydrogen-bond acceptors (Lipinski definition) is 3. The summed E-state index contributed by atoms with van der Waals surface area (Å²) in [6.07, 6.45) is -0.906. The van der Waals surface area contributed by atoms with Gasteiger partial charge in [0.2, 0.25) is 10.0 Å². The van der Waals surface area contributed by atoms with Gasteiger partial charge in [-0.1, -0.05) is 48.0 Å². The van der Waals surface area contributed by atoms with Gasteiger partial charge in [0.25, 0.3) is 0 Å². The average molecular weight is 333 g/mol. The zero-order valence-electron chi connectivity index (χ0n) is 13.9. The van der Waals surface area contributed by atoms with Crippen LogP contribution in [0.25, 0.3) is 0 Å². The molecule has 0 aliphatic heterocycles. The molecule has 2 rings (SSSR count). The van der Waals surface area contributed by atoms with Crippen molar-refractivity contribution in [3.05, 3.63) is 64.7 Å². The molecule has 23 heavy (non-hydrogen) atoms. The summed E-state index contributed by atoms with van der Waals surface area (Å²) >= 11 is 0. The topological polar surface area (TPSA) is 66.4 Å². The highest BCUT2D eigenvalue weighted by atomic mass is 32.2. The van der Waals surface area contributed by atoms with Crippen molar-refractivity contribution in [1.29, 1.82) is 0 Å². The van der Waals surface area contributed by atoms with Crippen molar-refractivity contribution in [2.75, 3.05) is 0 Å². The Balaban J connectivity index is 2.28. The molecule has 0 saturated heterocycles. The third kappa shape index (κ3) is 3.99. The summed E-state index contributed by atoms with van der Waals surface area (Å²) in [6, 6.07) is 12.1. The first-order valence-corrected chi connectivity index (χ1v) is 9.04. The van der Waals surface area contributed by atoms with Crippen LogP contribution in [-0.4, -0.2) is 19.6 Å². The van der Waals surface area contributed by atoms with Crippen LogP contribution in [-0.2, 0) is 10.0 Å². The minimum Gasteiger partial charge on any atom is -0.387 e. The maximum absolute atomic E-state index is 12.7. The Morgan fingerprint density at radius 2 is 1.52 bits per heavy atom. The summed E-state index contributed by atoms with van der Waals surface area (Å²) in [6.45, 7) is 7.17. The van der Waals surface area contributed by atoms with Crippen molar-refractivity contribution in [3.63, 3.8) is 0 Å². The number of aliphatic hydroxyl groups is 1. The van der Waals surface area contributed by atoms with E-state index in [2.05, 4.69) is 4.72 Å². The van der Waals surface area contributed by atoms with E-state index in [0.717, 1.165) is 5.56 Å². The van der Waals surface area contributed by atoms with E-state index in [4.69, 9.17) is 0 Å². The number of benzene rings is 2. The third-order valence-corrected chi connectivity index (χ3v) is 5.69. The van der Waals surface area contributed by atoms with Gasteiger partial charge >= 0.3 is 0 Å². The predicted octanol–water partition coefficient (Wildman–Crippen LogP) is 3.01. The summed E-state index contributed by atoms with van der Waals surface area (Å²) in [7, 11) is -3.70. The summed E-state index contributed by atoms with van der Waals surface area (Å²) in [5.74, 6) is 0. The van der Waals surface area contributed by atoms with Gasteiger partial charge in [-0.25, -0.2) is 13.1 Å². The molecular weight excluding hydrogens is 310 g/mol. The number of sulfonamides is 1. The monoisotopic (exact) mass is 333 g/mol. The van der Waals surface area contributed by atoms with Crippen LogP contribution >= 0.6 is 0 Å². The minimum absolute atomic E-state index is 0.287. The largest absolute Gasteiger partial charge is 0.387 e. The predicted molar refractivity (Wildman–Crippen MR) is 91.8 cm³/mol. The van der Waals surface area contributed by atoms with E-state index >= 15 is 0 Å². The van der Waals surface area contributed by atoms with Crippen LogP contribution in [0, 0.1) is 20.8 Å². The molecule has 5 heteroatoms. The SMILES string of the molecule is Cc1cc(C)c(S(=O)(=O)NC(C)C(O)c2ccccc2)c(C)c1. The molecule has 0 amide bonds. The number of nitrogens with one attached hydrogen (secondary N) is 1. The molecule has 0 aliphatic carbocycles. The van der Waals surface area contributed by atoms with Gasteiger partial charge in [-0.2, -0.15) is 0 Å². The lowest BCUT2D eigenvalue weighted by Crippen LogP contribution is -2.37. The van der Waals surface area contributed by atoms with Crippen molar-refractivity contribution >= 4 is 10.0 Å². The van der Waals surface area contributed by atoms with Gasteiger partial charge < -0.3 is 5.11 Å². The Morgan fingerprint density at radius 3 is 2.04 bits per heavy atom. The second-order valence-electron chi connectivity index (χ2n) is 5.99. The van der Waals surface area contributed by atoms with Crippen molar-refractivity contribution < 1.29 is 13.5 Å². The summed E-state index contributed by atoms with van der Waals surface area (Å²) in [5.41, 5.74) is 3.11. The Kier molecular flexibility index (Phi) is 5.24. The molecule has 124 valence electrons. The summed E-state index contributed by atoms with van der Waals surface area (Å²) in [5, 5.41) is 10.4. The normalized spacial score (nSPS) is 14.5. The van der Waals surface area contributed by atoms with E-state index in [9.17, 15) is 13.5 Å². The fourth-order valence-electron chi connectivity index (χ4n) is 2.90. The maximum Gasteiger partial charge on any atom is 0.241 e.